The van der Waals surface area contributed by atoms with Crippen molar-refractivity contribution in [1.29, 1.82) is 0 Å². The summed E-state index contributed by atoms with van der Waals surface area (Å²) in [6.45, 7) is -0.120. The quantitative estimate of drug-likeness (QED) is 0.458. The molecule has 0 unspecified atom stereocenters. The van der Waals surface area contributed by atoms with Crippen LogP contribution in [0.5, 0.6) is 0 Å². The normalized spacial score (nSPS) is 13.7. The van der Waals surface area contributed by atoms with Gasteiger partial charge in [-0.3, -0.25) is 28.3 Å². The second kappa shape index (κ2) is 6.13. The fourth-order valence-corrected chi connectivity index (χ4v) is 3.89. The number of nitrogens with zero attached hydrogens (tertiary/aromatic N) is 5. The SMILES string of the molecule is Cn1c(=O)c2ccccc2n2c(CN3C(=O)c4cc(Cl)c(Cl)cc4C3=O)nnc12. The Labute approximate surface area is 172 Å². The number of benzene rings is 2. The van der Waals surface area contributed by atoms with Crippen LogP contribution >= 0.6 is 23.2 Å². The molecule has 10 heteroatoms. The molecule has 2 aromatic carbocycles. The fraction of sp³-hybridized carbons (Fsp3) is 0.105. The highest BCUT2D eigenvalue weighted by atomic mass is 35.5. The number of imide groups is 1. The molecule has 0 spiro atoms. The van der Waals surface area contributed by atoms with Gasteiger partial charge in [0.1, 0.15) is 0 Å². The Kier molecular flexibility index (Phi) is 3.77. The van der Waals surface area contributed by atoms with Crippen LogP contribution < -0.4 is 5.56 Å². The van der Waals surface area contributed by atoms with Crippen LogP contribution in [-0.4, -0.2) is 35.9 Å². The van der Waals surface area contributed by atoms with Crippen molar-refractivity contribution >= 4 is 51.7 Å². The zero-order valence-electron chi connectivity index (χ0n) is 14.9. The van der Waals surface area contributed by atoms with Crippen molar-refractivity contribution in [2.45, 2.75) is 6.54 Å². The van der Waals surface area contributed by atoms with Crippen LogP contribution in [0.3, 0.4) is 0 Å². The topological polar surface area (TPSA) is 89.6 Å². The van der Waals surface area contributed by atoms with Crippen LogP contribution in [0.4, 0.5) is 0 Å². The molecular formula is C19H11Cl2N5O3. The number of aromatic nitrogens is 4. The van der Waals surface area contributed by atoms with Crippen LogP contribution in [0.2, 0.25) is 10.0 Å². The van der Waals surface area contributed by atoms with Crippen molar-refractivity contribution in [1.82, 2.24) is 24.1 Å². The first-order chi connectivity index (χ1) is 13.9. The predicted octanol–water partition coefficient (Wildman–Crippen LogP) is 2.68. The van der Waals surface area contributed by atoms with Gasteiger partial charge in [0.05, 0.1) is 38.6 Å². The summed E-state index contributed by atoms with van der Waals surface area (Å²) in [5, 5.41) is 9.09. The number of hydrogen-bond donors (Lipinski definition) is 0. The first-order valence-corrected chi connectivity index (χ1v) is 9.31. The van der Waals surface area contributed by atoms with E-state index in [4.69, 9.17) is 23.2 Å². The molecule has 0 bridgehead atoms. The highest BCUT2D eigenvalue weighted by Crippen LogP contribution is 2.32. The molecule has 0 aliphatic carbocycles. The summed E-state index contributed by atoms with van der Waals surface area (Å²) in [7, 11) is 1.59. The lowest BCUT2D eigenvalue weighted by Crippen LogP contribution is -2.30. The molecule has 1 aliphatic heterocycles. The minimum absolute atomic E-state index is 0.120. The maximum Gasteiger partial charge on any atom is 0.262 e. The van der Waals surface area contributed by atoms with Gasteiger partial charge in [-0.2, -0.15) is 0 Å². The first kappa shape index (κ1) is 17.8. The summed E-state index contributed by atoms with van der Waals surface area (Å²) >= 11 is 12.0. The largest absolute Gasteiger partial charge is 0.279 e. The molecule has 29 heavy (non-hydrogen) atoms. The van der Waals surface area contributed by atoms with E-state index in [0.717, 1.165) is 4.90 Å². The molecule has 4 aromatic rings. The van der Waals surface area contributed by atoms with Crippen molar-refractivity contribution in [3.05, 3.63) is 73.7 Å². The molecule has 2 aromatic heterocycles. The molecule has 2 amide bonds. The van der Waals surface area contributed by atoms with Crippen molar-refractivity contribution in [3.63, 3.8) is 0 Å². The average molecular weight is 428 g/mol. The van der Waals surface area contributed by atoms with E-state index in [1.807, 2.05) is 0 Å². The second-order valence-electron chi connectivity index (χ2n) is 6.64. The molecule has 144 valence electrons. The Bertz CT molecular complexity index is 1400. The molecule has 5 rings (SSSR count). The van der Waals surface area contributed by atoms with Crippen LogP contribution in [0.15, 0.2) is 41.2 Å². The number of carbonyl (C=O) groups is 2. The van der Waals surface area contributed by atoms with Crippen molar-refractivity contribution in [3.8, 4) is 0 Å². The Hall–Kier alpha value is -3.23. The Balaban J connectivity index is 1.66. The lowest BCUT2D eigenvalue weighted by Gasteiger charge is -2.13. The average Bonchev–Trinajstić information content (AvgIpc) is 3.23. The number of para-hydroxylation sites is 1. The molecule has 1 aliphatic rings. The highest BCUT2D eigenvalue weighted by Gasteiger charge is 2.37. The van der Waals surface area contributed by atoms with E-state index in [9.17, 15) is 14.4 Å². The van der Waals surface area contributed by atoms with Gasteiger partial charge in [-0.15, -0.1) is 10.2 Å². The van der Waals surface area contributed by atoms with Crippen LogP contribution in [0.25, 0.3) is 16.7 Å². The lowest BCUT2D eigenvalue weighted by molar-refractivity contribution is 0.0638. The maximum atomic E-state index is 12.8. The van der Waals surface area contributed by atoms with Gasteiger partial charge in [0, 0.05) is 7.05 Å². The zero-order chi connectivity index (χ0) is 20.4. The number of hydrogen-bond acceptors (Lipinski definition) is 5. The Morgan fingerprint density at radius 3 is 2.21 bits per heavy atom. The monoisotopic (exact) mass is 427 g/mol. The number of aryl methyl sites for hydroxylation is 1. The molecule has 8 nitrogen and oxygen atoms in total. The summed E-state index contributed by atoms with van der Waals surface area (Å²) in [6, 6.07) is 9.79. The van der Waals surface area contributed by atoms with Gasteiger partial charge in [0.15, 0.2) is 5.82 Å². The molecule has 0 saturated carbocycles. The predicted molar refractivity (Wildman–Crippen MR) is 106 cm³/mol. The van der Waals surface area contributed by atoms with E-state index < -0.39 is 11.8 Å². The second-order valence-corrected chi connectivity index (χ2v) is 7.46. The molecule has 0 N–H and O–H groups in total. The Morgan fingerprint density at radius 1 is 0.931 bits per heavy atom. The van der Waals surface area contributed by atoms with Crippen molar-refractivity contribution in [2.24, 2.45) is 7.05 Å². The number of carbonyl (C=O) groups excluding carboxylic acids is 2. The van der Waals surface area contributed by atoms with E-state index in [0.29, 0.717) is 22.5 Å². The van der Waals surface area contributed by atoms with Gasteiger partial charge >= 0.3 is 0 Å². The molecule has 0 atom stereocenters. The van der Waals surface area contributed by atoms with Gasteiger partial charge in [-0.25, -0.2) is 0 Å². The molecule has 0 saturated heterocycles. The van der Waals surface area contributed by atoms with Gasteiger partial charge in [-0.1, -0.05) is 35.3 Å². The third-order valence-corrected chi connectivity index (χ3v) is 5.73. The molecule has 0 radical (unpaired) electrons. The van der Waals surface area contributed by atoms with Gasteiger partial charge in [0.2, 0.25) is 5.78 Å². The van der Waals surface area contributed by atoms with E-state index in [-0.39, 0.29) is 33.3 Å². The first-order valence-electron chi connectivity index (χ1n) is 8.55. The Morgan fingerprint density at radius 2 is 1.55 bits per heavy atom. The lowest BCUT2D eigenvalue weighted by atomic mass is 10.1. The standard InChI is InChI=1S/C19H11Cl2N5O3/c1-24-16(27)9-4-2-3-5-14(9)26-15(22-23-19(24)26)8-25-17(28)10-6-12(20)13(21)7-11(10)18(25)29/h2-7H,8H2,1H3. The van der Waals surface area contributed by atoms with E-state index in [2.05, 4.69) is 10.2 Å². The summed E-state index contributed by atoms with van der Waals surface area (Å²) in [6.07, 6.45) is 0. The van der Waals surface area contributed by atoms with Crippen LogP contribution in [-0.2, 0) is 13.6 Å². The summed E-state index contributed by atoms with van der Waals surface area (Å²) in [5.41, 5.74) is 0.760. The molecule has 3 heterocycles. The molecule has 0 fully saturated rings. The number of fused-ring (bicyclic) bond motifs is 4. The number of amides is 2. The maximum absolute atomic E-state index is 12.8. The van der Waals surface area contributed by atoms with Crippen LogP contribution in [0, 0.1) is 0 Å². The third kappa shape index (κ3) is 2.43. The highest BCUT2D eigenvalue weighted by molar-refractivity contribution is 6.43. The minimum atomic E-state index is -0.491. The molecular weight excluding hydrogens is 417 g/mol. The van der Waals surface area contributed by atoms with Gasteiger partial charge in [0.25, 0.3) is 17.4 Å². The van der Waals surface area contributed by atoms with E-state index in [1.165, 1.54) is 16.7 Å². The third-order valence-electron chi connectivity index (χ3n) is 5.00. The summed E-state index contributed by atoms with van der Waals surface area (Å²) < 4.78 is 3.04. The zero-order valence-corrected chi connectivity index (χ0v) is 16.4. The van der Waals surface area contributed by atoms with E-state index in [1.54, 1.807) is 35.7 Å². The fourth-order valence-electron chi connectivity index (χ4n) is 3.56. The number of halogens is 2. The minimum Gasteiger partial charge on any atom is -0.279 e. The smallest absolute Gasteiger partial charge is 0.262 e. The number of rotatable bonds is 2. The van der Waals surface area contributed by atoms with Crippen molar-refractivity contribution in [2.75, 3.05) is 0 Å². The van der Waals surface area contributed by atoms with Gasteiger partial charge in [-0.05, 0) is 24.3 Å². The summed E-state index contributed by atoms with van der Waals surface area (Å²) in [4.78, 5) is 39.2. The van der Waals surface area contributed by atoms with Crippen molar-refractivity contribution < 1.29 is 9.59 Å². The van der Waals surface area contributed by atoms with Gasteiger partial charge < -0.3 is 0 Å². The van der Waals surface area contributed by atoms with Crippen LogP contribution in [0.1, 0.15) is 26.5 Å². The summed E-state index contributed by atoms with van der Waals surface area (Å²) in [5.74, 6) is -0.325. The van der Waals surface area contributed by atoms with E-state index >= 15 is 0 Å².